The molecule has 0 amide bonds. The van der Waals surface area contributed by atoms with E-state index in [1.54, 1.807) is 6.07 Å². The first-order valence-corrected chi connectivity index (χ1v) is 5.25. The van der Waals surface area contributed by atoms with Gasteiger partial charge in [0.15, 0.2) is 5.78 Å². The zero-order valence-electron chi connectivity index (χ0n) is 9.36. The number of hydrogen-bond acceptors (Lipinski definition) is 3. The number of nitrogen functional groups attached to an aromatic ring is 1. The molecule has 0 spiro atoms. The molecule has 0 saturated heterocycles. The standard InChI is InChI=1S/C13H10F2N2O/c14-9-4-8(5-10(15)7-9)6-12(18)11-2-1-3-17-13(11)16/h1-5,7H,6H2,(H2,16,17). The first-order valence-electron chi connectivity index (χ1n) is 5.25. The molecule has 2 rings (SSSR count). The van der Waals surface area contributed by atoms with Crippen molar-refractivity contribution in [1.82, 2.24) is 4.98 Å². The van der Waals surface area contributed by atoms with Crippen molar-refractivity contribution in [3.05, 3.63) is 59.3 Å². The largest absolute Gasteiger partial charge is 0.383 e. The second-order valence-corrected chi connectivity index (χ2v) is 3.81. The van der Waals surface area contributed by atoms with E-state index in [1.807, 2.05) is 0 Å². The predicted octanol–water partition coefficient (Wildman–Crippen LogP) is 2.37. The quantitative estimate of drug-likeness (QED) is 0.848. The zero-order valence-corrected chi connectivity index (χ0v) is 9.36. The van der Waals surface area contributed by atoms with E-state index in [9.17, 15) is 13.6 Å². The smallest absolute Gasteiger partial charge is 0.170 e. The lowest BCUT2D eigenvalue weighted by molar-refractivity contribution is 0.0993. The summed E-state index contributed by atoms with van der Waals surface area (Å²) in [7, 11) is 0. The zero-order chi connectivity index (χ0) is 13.1. The third-order valence-corrected chi connectivity index (χ3v) is 2.43. The number of aromatic nitrogens is 1. The molecule has 3 nitrogen and oxygen atoms in total. The summed E-state index contributed by atoms with van der Waals surface area (Å²) in [5.41, 5.74) is 6.07. The van der Waals surface area contributed by atoms with Gasteiger partial charge in [0.2, 0.25) is 0 Å². The van der Waals surface area contributed by atoms with Gasteiger partial charge < -0.3 is 5.73 Å². The number of ketones is 1. The van der Waals surface area contributed by atoms with Gasteiger partial charge in [-0.25, -0.2) is 13.8 Å². The van der Waals surface area contributed by atoms with Crippen molar-refractivity contribution in [3.63, 3.8) is 0 Å². The summed E-state index contributed by atoms with van der Waals surface area (Å²) in [5, 5.41) is 0. The Bertz CT molecular complexity index is 579. The van der Waals surface area contributed by atoms with E-state index < -0.39 is 11.6 Å². The molecule has 5 heteroatoms. The first-order chi connectivity index (χ1) is 8.56. The SMILES string of the molecule is Nc1ncccc1C(=O)Cc1cc(F)cc(F)c1. The van der Waals surface area contributed by atoms with Gasteiger partial charge in [-0.05, 0) is 29.8 Å². The van der Waals surface area contributed by atoms with Crippen molar-refractivity contribution < 1.29 is 13.6 Å². The number of halogens is 2. The topological polar surface area (TPSA) is 56.0 Å². The number of carbonyl (C=O) groups excluding carboxylic acids is 1. The van der Waals surface area contributed by atoms with Gasteiger partial charge in [-0.3, -0.25) is 4.79 Å². The minimum Gasteiger partial charge on any atom is -0.383 e. The second kappa shape index (κ2) is 4.91. The van der Waals surface area contributed by atoms with Crippen molar-refractivity contribution in [2.75, 3.05) is 5.73 Å². The monoisotopic (exact) mass is 248 g/mol. The fraction of sp³-hybridized carbons (Fsp3) is 0.0769. The molecule has 0 aliphatic heterocycles. The average molecular weight is 248 g/mol. The van der Waals surface area contributed by atoms with Gasteiger partial charge in [0.1, 0.15) is 17.5 Å². The normalized spacial score (nSPS) is 10.3. The fourth-order valence-corrected chi connectivity index (χ4v) is 1.65. The van der Waals surface area contributed by atoms with Gasteiger partial charge >= 0.3 is 0 Å². The number of nitrogens with zero attached hydrogens (tertiary/aromatic N) is 1. The number of rotatable bonds is 3. The Morgan fingerprint density at radius 1 is 1.22 bits per heavy atom. The molecule has 2 aromatic rings. The molecular weight excluding hydrogens is 238 g/mol. The Labute approximate surface area is 102 Å². The first kappa shape index (κ1) is 12.2. The molecule has 1 aromatic carbocycles. The Morgan fingerprint density at radius 2 is 1.89 bits per heavy atom. The van der Waals surface area contributed by atoms with Crippen LogP contribution in [0, 0.1) is 11.6 Å². The Hall–Kier alpha value is -2.30. The van der Waals surface area contributed by atoms with E-state index in [0.717, 1.165) is 18.2 Å². The summed E-state index contributed by atoms with van der Waals surface area (Å²) in [5.74, 6) is -1.64. The summed E-state index contributed by atoms with van der Waals surface area (Å²) in [6, 6.07) is 6.10. The summed E-state index contributed by atoms with van der Waals surface area (Å²) in [4.78, 5) is 15.7. The summed E-state index contributed by atoms with van der Waals surface area (Å²) >= 11 is 0. The van der Waals surface area contributed by atoms with Crippen LogP contribution in [0.3, 0.4) is 0 Å². The van der Waals surface area contributed by atoms with Crippen LogP contribution < -0.4 is 5.73 Å². The lowest BCUT2D eigenvalue weighted by Crippen LogP contribution is -2.08. The maximum absolute atomic E-state index is 13.0. The van der Waals surface area contributed by atoms with Crippen LogP contribution in [0.4, 0.5) is 14.6 Å². The van der Waals surface area contributed by atoms with Crippen LogP contribution in [0.2, 0.25) is 0 Å². The minimum atomic E-state index is -0.711. The van der Waals surface area contributed by atoms with Gasteiger partial charge in [0.05, 0.1) is 5.56 Å². The number of anilines is 1. The molecule has 0 radical (unpaired) electrons. The number of pyridine rings is 1. The summed E-state index contributed by atoms with van der Waals surface area (Å²) in [6.07, 6.45) is 1.35. The van der Waals surface area contributed by atoms with Crippen molar-refractivity contribution in [2.24, 2.45) is 0 Å². The Kier molecular flexibility index (Phi) is 3.32. The van der Waals surface area contributed by atoms with E-state index in [2.05, 4.69) is 4.98 Å². The lowest BCUT2D eigenvalue weighted by atomic mass is 10.0. The number of hydrogen-bond donors (Lipinski definition) is 1. The van der Waals surface area contributed by atoms with E-state index in [0.29, 0.717) is 0 Å². The van der Waals surface area contributed by atoms with E-state index in [1.165, 1.54) is 12.3 Å². The van der Waals surface area contributed by atoms with Crippen LogP contribution in [0.15, 0.2) is 36.5 Å². The third-order valence-electron chi connectivity index (χ3n) is 2.43. The van der Waals surface area contributed by atoms with Gasteiger partial charge in [-0.1, -0.05) is 0 Å². The van der Waals surface area contributed by atoms with Crippen LogP contribution in [0.25, 0.3) is 0 Å². The number of benzene rings is 1. The maximum Gasteiger partial charge on any atom is 0.170 e. The highest BCUT2D eigenvalue weighted by molar-refractivity contribution is 6.01. The van der Waals surface area contributed by atoms with Crippen LogP contribution in [0.5, 0.6) is 0 Å². The van der Waals surface area contributed by atoms with Crippen molar-refractivity contribution >= 4 is 11.6 Å². The molecule has 92 valence electrons. The van der Waals surface area contributed by atoms with Gasteiger partial charge in [-0.15, -0.1) is 0 Å². The Morgan fingerprint density at radius 3 is 2.50 bits per heavy atom. The van der Waals surface area contributed by atoms with Crippen LogP contribution in [0.1, 0.15) is 15.9 Å². The fourth-order valence-electron chi connectivity index (χ4n) is 1.65. The van der Waals surface area contributed by atoms with Crippen molar-refractivity contribution in [1.29, 1.82) is 0 Å². The molecule has 0 bridgehead atoms. The van der Waals surface area contributed by atoms with E-state index in [4.69, 9.17) is 5.73 Å². The second-order valence-electron chi connectivity index (χ2n) is 3.81. The highest BCUT2D eigenvalue weighted by Gasteiger charge is 2.12. The average Bonchev–Trinajstić information content (AvgIpc) is 2.27. The van der Waals surface area contributed by atoms with Crippen molar-refractivity contribution in [3.8, 4) is 0 Å². The number of carbonyl (C=O) groups is 1. The molecular formula is C13H10F2N2O. The molecule has 2 N–H and O–H groups in total. The lowest BCUT2D eigenvalue weighted by Gasteiger charge is -2.04. The van der Waals surface area contributed by atoms with E-state index >= 15 is 0 Å². The minimum absolute atomic E-state index is 0.111. The van der Waals surface area contributed by atoms with Gasteiger partial charge in [0, 0.05) is 18.7 Å². The molecule has 0 unspecified atom stereocenters. The molecule has 0 aliphatic carbocycles. The molecule has 18 heavy (non-hydrogen) atoms. The Balaban J connectivity index is 2.24. The van der Waals surface area contributed by atoms with Crippen LogP contribution in [-0.4, -0.2) is 10.8 Å². The summed E-state index contributed by atoms with van der Waals surface area (Å²) in [6.45, 7) is 0. The van der Waals surface area contributed by atoms with Crippen LogP contribution >= 0.6 is 0 Å². The molecule has 0 saturated carbocycles. The highest BCUT2D eigenvalue weighted by Crippen LogP contribution is 2.14. The maximum atomic E-state index is 13.0. The van der Waals surface area contributed by atoms with Crippen LogP contribution in [-0.2, 0) is 6.42 Å². The van der Waals surface area contributed by atoms with E-state index in [-0.39, 0.29) is 29.1 Å². The number of Topliss-reactive ketones (excluding diaryl/α,β-unsaturated/α-hetero) is 1. The van der Waals surface area contributed by atoms with Gasteiger partial charge in [-0.2, -0.15) is 0 Å². The number of nitrogens with two attached hydrogens (primary N) is 1. The molecule has 0 fully saturated rings. The molecule has 0 atom stereocenters. The summed E-state index contributed by atoms with van der Waals surface area (Å²) < 4.78 is 25.9. The molecule has 0 aliphatic rings. The molecule has 1 heterocycles. The van der Waals surface area contributed by atoms with Gasteiger partial charge in [0.25, 0.3) is 0 Å². The van der Waals surface area contributed by atoms with Crippen molar-refractivity contribution in [2.45, 2.75) is 6.42 Å². The third kappa shape index (κ3) is 2.68. The molecule has 1 aromatic heterocycles. The predicted molar refractivity (Wildman–Crippen MR) is 63.0 cm³/mol. The highest BCUT2D eigenvalue weighted by atomic mass is 19.1.